The first-order valence-electron chi connectivity index (χ1n) is 6.16. The summed E-state index contributed by atoms with van der Waals surface area (Å²) in [5.74, 6) is -2.68. The van der Waals surface area contributed by atoms with Gasteiger partial charge in [0.2, 0.25) is 0 Å². The molecule has 2 aromatic carbocycles. The SMILES string of the molecule is Cc1cc(Nc2c(F)ccc(C)c2F)cc(C(=O)O)c1N. The molecule has 110 valence electrons. The van der Waals surface area contributed by atoms with E-state index in [9.17, 15) is 13.6 Å². The lowest BCUT2D eigenvalue weighted by molar-refractivity contribution is 0.0698. The van der Waals surface area contributed by atoms with Crippen LogP contribution >= 0.6 is 0 Å². The molecule has 0 saturated heterocycles. The first-order valence-corrected chi connectivity index (χ1v) is 6.16. The number of carboxylic acids is 1. The number of aryl methyl sites for hydroxylation is 2. The third-order valence-electron chi connectivity index (χ3n) is 3.17. The number of hydrogen-bond acceptors (Lipinski definition) is 3. The van der Waals surface area contributed by atoms with E-state index in [0.29, 0.717) is 5.56 Å². The van der Waals surface area contributed by atoms with Crippen molar-refractivity contribution in [3.8, 4) is 0 Å². The van der Waals surface area contributed by atoms with E-state index in [2.05, 4.69) is 5.32 Å². The van der Waals surface area contributed by atoms with Crippen molar-refractivity contribution in [2.45, 2.75) is 13.8 Å². The number of carbonyl (C=O) groups is 1. The molecule has 0 fully saturated rings. The van der Waals surface area contributed by atoms with Crippen LogP contribution in [0, 0.1) is 25.5 Å². The van der Waals surface area contributed by atoms with E-state index in [1.807, 2.05) is 0 Å². The van der Waals surface area contributed by atoms with Crippen LogP contribution in [-0.2, 0) is 0 Å². The van der Waals surface area contributed by atoms with Gasteiger partial charge in [-0.1, -0.05) is 6.07 Å². The minimum Gasteiger partial charge on any atom is -0.478 e. The van der Waals surface area contributed by atoms with Crippen molar-refractivity contribution in [2.75, 3.05) is 11.1 Å². The van der Waals surface area contributed by atoms with Crippen LogP contribution < -0.4 is 11.1 Å². The van der Waals surface area contributed by atoms with Crippen molar-refractivity contribution in [3.63, 3.8) is 0 Å². The maximum atomic E-state index is 13.9. The third-order valence-corrected chi connectivity index (χ3v) is 3.17. The average Bonchev–Trinajstić information content (AvgIpc) is 2.42. The summed E-state index contributed by atoms with van der Waals surface area (Å²) in [5, 5.41) is 11.7. The number of rotatable bonds is 3. The van der Waals surface area contributed by atoms with Crippen molar-refractivity contribution in [1.29, 1.82) is 0 Å². The number of nitrogen functional groups attached to an aromatic ring is 1. The highest BCUT2D eigenvalue weighted by Gasteiger charge is 2.15. The lowest BCUT2D eigenvalue weighted by Crippen LogP contribution is -2.06. The summed E-state index contributed by atoms with van der Waals surface area (Å²) in [6.45, 7) is 3.13. The van der Waals surface area contributed by atoms with Crippen molar-refractivity contribution in [3.05, 3.63) is 52.6 Å². The Morgan fingerprint density at radius 3 is 2.48 bits per heavy atom. The van der Waals surface area contributed by atoms with Gasteiger partial charge < -0.3 is 16.2 Å². The maximum Gasteiger partial charge on any atom is 0.337 e. The molecule has 0 aliphatic carbocycles. The van der Waals surface area contributed by atoms with Gasteiger partial charge in [-0.05, 0) is 43.2 Å². The van der Waals surface area contributed by atoms with Crippen LogP contribution in [0.1, 0.15) is 21.5 Å². The number of nitrogens with two attached hydrogens (primary N) is 1. The molecule has 2 aromatic rings. The maximum absolute atomic E-state index is 13.9. The van der Waals surface area contributed by atoms with Gasteiger partial charge in [0.15, 0.2) is 5.82 Å². The van der Waals surface area contributed by atoms with Gasteiger partial charge in [0, 0.05) is 11.4 Å². The number of hydrogen-bond donors (Lipinski definition) is 3. The van der Waals surface area contributed by atoms with Crippen LogP contribution in [0.2, 0.25) is 0 Å². The Hall–Kier alpha value is -2.63. The fourth-order valence-electron chi connectivity index (χ4n) is 1.96. The van der Waals surface area contributed by atoms with Gasteiger partial charge in [-0.25, -0.2) is 13.6 Å². The molecule has 4 N–H and O–H groups in total. The molecule has 0 bridgehead atoms. The Bertz CT molecular complexity index is 730. The Kier molecular flexibility index (Phi) is 3.80. The van der Waals surface area contributed by atoms with Gasteiger partial charge >= 0.3 is 5.97 Å². The predicted molar refractivity (Wildman–Crippen MR) is 76.9 cm³/mol. The zero-order valence-corrected chi connectivity index (χ0v) is 11.5. The molecule has 0 aliphatic rings. The van der Waals surface area contributed by atoms with Crippen LogP contribution in [0.4, 0.5) is 25.8 Å². The summed E-state index contributed by atoms with van der Waals surface area (Å²) in [7, 11) is 0. The Morgan fingerprint density at radius 1 is 1.19 bits per heavy atom. The second-order valence-electron chi connectivity index (χ2n) is 4.74. The van der Waals surface area contributed by atoms with Gasteiger partial charge in [0.05, 0.1) is 5.56 Å². The lowest BCUT2D eigenvalue weighted by atomic mass is 10.1. The number of nitrogens with one attached hydrogen (secondary N) is 1. The fourth-order valence-corrected chi connectivity index (χ4v) is 1.96. The van der Waals surface area contributed by atoms with Crippen molar-refractivity contribution >= 4 is 23.0 Å². The van der Waals surface area contributed by atoms with E-state index in [0.717, 1.165) is 6.07 Å². The van der Waals surface area contributed by atoms with Gasteiger partial charge in [0.1, 0.15) is 11.5 Å². The molecule has 0 amide bonds. The highest BCUT2D eigenvalue weighted by molar-refractivity contribution is 5.96. The standard InChI is InChI=1S/C15H14F2N2O2/c1-7-3-4-11(16)14(12(7)17)19-9-5-8(2)13(18)10(6-9)15(20)21/h3-6,19H,18H2,1-2H3,(H,20,21). The zero-order chi connectivity index (χ0) is 15.7. The second kappa shape index (κ2) is 5.40. The van der Waals surface area contributed by atoms with E-state index in [1.54, 1.807) is 6.92 Å². The molecular formula is C15H14F2N2O2. The van der Waals surface area contributed by atoms with Crippen LogP contribution in [0.3, 0.4) is 0 Å². The average molecular weight is 292 g/mol. The molecule has 0 aromatic heterocycles. The van der Waals surface area contributed by atoms with E-state index in [4.69, 9.17) is 10.8 Å². The van der Waals surface area contributed by atoms with Gasteiger partial charge in [-0.15, -0.1) is 0 Å². The summed E-state index contributed by atoms with van der Waals surface area (Å²) in [6, 6.07) is 5.24. The molecule has 4 nitrogen and oxygen atoms in total. The number of anilines is 3. The van der Waals surface area contributed by atoms with Crippen molar-refractivity contribution in [1.82, 2.24) is 0 Å². The van der Waals surface area contributed by atoms with Crippen LogP contribution in [-0.4, -0.2) is 11.1 Å². The molecule has 0 radical (unpaired) electrons. The molecule has 0 spiro atoms. The topological polar surface area (TPSA) is 75.3 Å². The van der Waals surface area contributed by atoms with E-state index >= 15 is 0 Å². The highest BCUT2D eigenvalue weighted by atomic mass is 19.1. The zero-order valence-electron chi connectivity index (χ0n) is 11.5. The minimum atomic E-state index is -1.20. The summed E-state index contributed by atoms with van der Waals surface area (Å²) >= 11 is 0. The Labute approximate surface area is 120 Å². The second-order valence-corrected chi connectivity index (χ2v) is 4.74. The predicted octanol–water partition coefficient (Wildman–Crippen LogP) is 3.61. The quantitative estimate of drug-likeness (QED) is 0.755. The number of halogens is 2. The number of aromatic carboxylic acids is 1. The van der Waals surface area contributed by atoms with Crippen molar-refractivity contribution in [2.24, 2.45) is 0 Å². The number of benzene rings is 2. The molecule has 2 rings (SSSR count). The molecule has 0 saturated carbocycles. The first-order chi connectivity index (χ1) is 9.81. The molecule has 0 heterocycles. The third kappa shape index (κ3) is 2.79. The van der Waals surface area contributed by atoms with E-state index in [-0.39, 0.29) is 28.2 Å². The fraction of sp³-hybridized carbons (Fsp3) is 0.133. The van der Waals surface area contributed by atoms with E-state index < -0.39 is 17.6 Å². The summed E-state index contributed by atoms with van der Waals surface area (Å²) < 4.78 is 27.7. The van der Waals surface area contributed by atoms with Crippen molar-refractivity contribution < 1.29 is 18.7 Å². The normalized spacial score (nSPS) is 10.5. The van der Waals surface area contributed by atoms with Crippen LogP contribution in [0.5, 0.6) is 0 Å². The summed E-state index contributed by atoms with van der Waals surface area (Å²) in [4.78, 5) is 11.1. The highest BCUT2D eigenvalue weighted by Crippen LogP contribution is 2.29. The van der Waals surface area contributed by atoms with Crippen LogP contribution in [0.25, 0.3) is 0 Å². The van der Waals surface area contributed by atoms with Gasteiger partial charge in [-0.3, -0.25) is 0 Å². The first kappa shape index (κ1) is 14.8. The Morgan fingerprint density at radius 2 is 1.86 bits per heavy atom. The minimum absolute atomic E-state index is 0.119. The lowest BCUT2D eigenvalue weighted by Gasteiger charge is -2.13. The summed E-state index contributed by atoms with van der Waals surface area (Å²) in [5.41, 5.74) is 6.39. The molecule has 0 unspecified atom stereocenters. The largest absolute Gasteiger partial charge is 0.478 e. The molecule has 21 heavy (non-hydrogen) atoms. The molecule has 6 heteroatoms. The monoisotopic (exact) mass is 292 g/mol. The molecular weight excluding hydrogens is 278 g/mol. The van der Waals surface area contributed by atoms with Crippen LogP contribution in [0.15, 0.2) is 24.3 Å². The molecule has 0 aliphatic heterocycles. The van der Waals surface area contributed by atoms with Gasteiger partial charge in [-0.2, -0.15) is 0 Å². The van der Waals surface area contributed by atoms with E-state index in [1.165, 1.54) is 25.1 Å². The molecule has 0 atom stereocenters. The smallest absolute Gasteiger partial charge is 0.337 e. The summed E-state index contributed by atoms with van der Waals surface area (Å²) in [6.07, 6.45) is 0. The number of carboxylic acid groups (broad SMARTS) is 1. The van der Waals surface area contributed by atoms with Gasteiger partial charge in [0.25, 0.3) is 0 Å². The Balaban J connectivity index is 2.50.